The molecule has 5 rings (SSSR count). The standard InChI is InChI=1S/C28H25N5O3/c34-27(24-17-31-26(18-29-24)33-13-11-21(12-14-33)28(35)36)32-25-15-22(19-7-3-1-4-8-19)23(16-30-25)20-9-5-2-6-10-20/h1-10,15-18,21H,11-14H2,(H,35,36)(H,30,32,34). The van der Waals surface area contributed by atoms with Crippen LogP contribution in [-0.4, -0.2) is 45.0 Å². The van der Waals surface area contributed by atoms with Gasteiger partial charge in [-0.15, -0.1) is 0 Å². The number of nitrogens with one attached hydrogen (secondary N) is 1. The van der Waals surface area contributed by atoms with Gasteiger partial charge < -0.3 is 15.3 Å². The van der Waals surface area contributed by atoms with E-state index >= 15 is 0 Å². The number of amides is 1. The summed E-state index contributed by atoms with van der Waals surface area (Å²) in [5.74, 6) is -0.431. The molecule has 2 aromatic carbocycles. The molecule has 36 heavy (non-hydrogen) atoms. The fourth-order valence-corrected chi connectivity index (χ4v) is 4.37. The Balaban J connectivity index is 1.33. The van der Waals surface area contributed by atoms with Crippen molar-refractivity contribution < 1.29 is 14.7 Å². The number of hydrogen-bond donors (Lipinski definition) is 2. The second-order valence-corrected chi connectivity index (χ2v) is 8.66. The van der Waals surface area contributed by atoms with Crippen molar-refractivity contribution in [1.82, 2.24) is 15.0 Å². The first kappa shape index (κ1) is 23.2. The summed E-state index contributed by atoms with van der Waals surface area (Å²) < 4.78 is 0. The lowest BCUT2D eigenvalue weighted by atomic mass is 9.96. The van der Waals surface area contributed by atoms with E-state index in [1.807, 2.05) is 71.6 Å². The fourth-order valence-electron chi connectivity index (χ4n) is 4.37. The average molecular weight is 480 g/mol. The number of nitrogens with zero attached hydrogens (tertiary/aromatic N) is 4. The second-order valence-electron chi connectivity index (χ2n) is 8.66. The average Bonchev–Trinajstić information content (AvgIpc) is 2.94. The molecule has 0 aliphatic carbocycles. The predicted molar refractivity (Wildman–Crippen MR) is 138 cm³/mol. The highest BCUT2D eigenvalue weighted by atomic mass is 16.4. The third kappa shape index (κ3) is 5.07. The first-order chi connectivity index (χ1) is 17.6. The van der Waals surface area contributed by atoms with Crippen LogP contribution >= 0.6 is 0 Å². The molecular weight excluding hydrogens is 454 g/mol. The first-order valence-corrected chi connectivity index (χ1v) is 11.8. The summed E-state index contributed by atoms with van der Waals surface area (Å²) >= 11 is 0. The second kappa shape index (κ2) is 10.4. The van der Waals surface area contributed by atoms with Crippen LogP contribution < -0.4 is 10.2 Å². The zero-order valence-corrected chi connectivity index (χ0v) is 19.5. The molecule has 0 unspecified atom stereocenters. The lowest BCUT2D eigenvalue weighted by Crippen LogP contribution is -2.36. The smallest absolute Gasteiger partial charge is 0.306 e. The van der Waals surface area contributed by atoms with Gasteiger partial charge >= 0.3 is 5.97 Å². The Morgan fingerprint density at radius 1 is 0.806 bits per heavy atom. The molecule has 180 valence electrons. The fraction of sp³-hybridized carbons (Fsp3) is 0.179. The molecule has 0 bridgehead atoms. The summed E-state index contributed by atoms with van der Waals surface area (Å²) in [6, 6.07) is 21.8. The lowest BCUT2D eigenvalue weighted by Gasteiger charge is -2.30. The maximum Gasteiger partial charge on any atom is 0.306 e. The minimum atomic E-state index is -0.756. The molecule has 8 heteroatoms. The van der Waals surface area contributed by atoms with Gasteiger partial charge in [0.2, 0.25) is 0 Å². The zero-order chi connectivity index (χ0) is 24.9. The maximum atomic E-state index is 12.9. The van der Waals surface area contributed by atoms with Crippen molar-refractivity contribution in [2.75, 3.05) is 23.3 Å². The summed E-state index contributed by atoms with van der Waals surface area (Å²) in [5, 5.41) is 12.0. The molecular formula is C28H25N5O3. The molecule has 3 heterocycles. The van der Waals surface area contributed by atoms with E-state index in [0.717, 1.165) is 22.3 Å². The van der Waals surface area contributed by atoms with Crippen LogP contribution in [0.1, 0.15) is 23.3 Å². The van der Waals surface area contributed by atoms with E-state index in [-0.39, 0.29) is 11.6 Å². The number of hydrogen-bond acceptors (Lipinski definition) is 6. The van der Waals surface area contributed by atoms with E-state index in [2.05, 4.69) is 20.3 Å². The number of benzene rings is 2. The molecule has 0 radical (unpaired) electrons. The molecule has 2 N–H and O–H groups in total. The maximum absolute atomic E-state index is 12.9. The number of aliphatic carboxylic acids is 1. The topological polar surface area (TPSA) is 108 Å². The molecule has 4 aromatic rings. The number of carbonyl (C=O) groups is 2. The van der Waals surface area contributed by atoms with Gasteiger partial charge in [0.15, 0.2) is 0 Å². The number of aromatic nitrogens is 3. The van der Waals surface area contributed by atoms with E-state index in [4.69, 9.17) is 0 Å². The van der Waals surface area contributed by atoms with Gasteiger partial charge in [0, 0.05) is 24.8 Å². The molecule has 1 aliphatic heterocycles. The first-order valence-electron chi connectivity index (χ1n) is 11.8. The van der Waals surface area contributed by atoms with Crippen molar-refractivity contribution in [1.29, 1.82) is 0 Å². The molecule has 0 atom stereocenters. The Bertz CT molecular complexity index is 1350. The van der Waals surface area contributed by atoms with Crippen LogP contribution in [0.25, 0.3) is 22.3 Å². The van der Waals surface area contributed by atoms with Crippen LogP contribution in [0.4, 0.5) is 11.6 Å². The summed E-state index contributed by atoms with van der Waals surface area (Å²) in [6.07, 6.45) is 5.88. The van der Waals surface area contributed by atoms with E-state index in [0.29, 0.717) is 37.6 Å². The number of carboxylic acid groups (broad SMARTS) is 1. The van der Waals surface area contributed by atoms with E-state index in [1.165, 1.54) is 6.20 Å². The van der Waals surface area contributed by atoms with Gasteiger partial charge in [0.1, 0.15) is 17.3 Å². The zero-order valence-electron chi connectivity index (χ0n) is 19.5. The van der Waals surface area contributed by atoms with Crippen LogP contribution in [0.3, 0.4) is 0 Å². The van der Waals surface area contributed by atoms with Gasteiger partial charge in [-0.2, -0.15) is 0 Å². The van der Waals surface area contributed by atoms with Crippen molar-refractivity contribution in [3.05, 3.63) is 91.0 Å². The summed E-state index contributed by atoms with van der Waals surface area (Å²) in [5.41, 5.74) is 4.16. The van der Waals surface area contributed by atoms with Gasteiger partial charge in [0.05, 0.1) is 18.3 Å². The quantitative estimate of drug-likeness (QED) is 0.410. The summed E-state index contributed by atoms with van der Waals surface area (Å²) in [7, 11) is 0. The summed E-state index contributed by atoms with van der Waals surface area (Å²) in [4.78, 5) is 39.2. The minimum absolute atomic E-state index is 0.175. The minimum Gasteiger partial charge on any atom is -0.481 e. The predicted octanol–water partition coefficient (Wildman–Crippen LogP) is 4.76. The largest absolute Gasteiger partial charge is 0.481 e. The third-order valence-electron chi connectivity index (χ3n) is 6.35. The Kier molecular flexibility index (Phi) is 6.66. The highest BCUT2D eigenvalue weighted by Crippen LogP contribution is 2.33. The normalized spacial score (nSPS) is 13.8. The van der Waals surface area contributed by atoms with Gasteiger partial charge in [-0.25, -0.2) is 15.0 Å². The Labute approximate surface area is 208 Å². The van der Waals surface area contributed by atoms with Crippen LogP contribution in [0.5, 0.6) is 0 Å². The number of rotatable bonds is 6. The van der Waals surface area contributed by atoms with Crippen molar-refractivity contribution >= 4 is 23.5 Å². The van der Waals surface area contributed by atoms with Crippen molar-refractivity contribution in [2.45, 2.75) is 12.8 Å². The van der Waals surface area contributed by atoms with Crippen molar-refractivity contribution in [2.24, 2.45) is 5.92 Å². The number of piperidine rings is 1. The molecule has 2 aromatic heterocycles. The molecule has 1 fully saturated rings. The number of anilines is 2. The molecule has 1 aliphatic rings. The van der Waals surface area contributed by atoms with Crippen LogP contribution in [-0.2, 0) is 4.79 Å². The van der Waals surface area contributed by atoms with Crippen molar-refractivity contribution in [3.8, 4) is 22.3 Å². The van der Waals surface area contributed by atoms with E-state index in [1.54, 1.807) is 12.4 Å². The van der Waals surface area contributed by atoms with Gasteiger partial charge in [-0.3, -0.25) is 9.59 Å². The number of carboxylic acids is 1. The Hall–Kier alpha value is -4.59. The molecule has 0 saturated carbocycles. The van der Waals surface area contributed by atoms with Gasteiger partial charge in [-0.05, 0) is 35.6 Å². The van der Waals surface area contributed by atoms with Crippen LogP contribution in [0.15, 0.2) is 85.3 Å². The SMILES string of the molecule is O=C(Nc1cc(-c2ccccc2)c(-c2ccccc2)cn1)c1cnc(N2CCC(C(=O)O)CC2)cn1. The highest BCUT2D eigenvalue weighted by Gasteiger charge is 2.25. The van der Waals surface area contributed by atoms with Crippen LogP contribution in [0, 0.1) is 5.92 Å². The lowest BCUT2D eigenvalue weighted by molar-refractivity contribution is -0.142. The van der Waals surface area contributed by atoms with Crippen molar-refractivity contribution in [3.63, 3.8) is 0 Å². The monoisotopic (exact) mass is 479 g/mol. The molecule has 1 saturated heterocycles. The van der Waals surface area contributed by atoms with Gasteiger partial charge in [-0.1, -0.05) is 60.7 Å². The third-order valence-corrected chi connectivity index (χ3v) is 6.35. The summed E-state index contributed by atoms with van der Waals surface area (Å²) in [6.45, 7) is 1.19. The highest BCUT2D eigenvalue weighted by molar-refractivity contribution is 6.02. The molecule has 1 amide bonds. The van der Waals surface area contributed by atoms with E-state index < -0.39 is 11.9 Å². The Morgan fingerprint density at radius 3 is 2.03 bits per heavy atom. The molecule has 0 spiro atoms. The van der Waals surface area contributed by atoms with E-state index in [9.17, 15) is 14.7 Å². The number of carbonyl (C=O) groups excluding carboxylic acids is 1. The molecule has 8 nitrogen and oxygen atoms in total. The van der Waals surface area contributed by atoms with Crippen LogP contribution in [0.2, 0.25) is 0 Å². The Morgan fingerprint density at radius 2 is 1.44 bits per heavy atom. The van der Waals surface area contributed by atoms with Gasteiger partial charge in [0.25, 0.3) is 5.91 Å². The number of pyridine rings is 1.